The van der Waals surface area contributed by atoms with Crippen LogP contribution < -0.4 is 34.7 Å². The predicted octanol–water partition coefficient (Wildman–Crippen LogP) is -0.296. The average molecular weight is 679 g/mol. The van der Waals surface area contributed by atoms with E-state index in [1.807, 2.05) is 42.7 Å². The Morgan fingerprint density at radius 3 is 1.83 bits per heavy atom. The molecule has 48 heavy (non-hydrogen) atoms. The number of amides is 1. The number of hydrogen-bond donors (Lipinski definition) is 0. The summed E-state index contributed by atoms with van der Waals surface area (Å²) in [5.41, 5.74) is 2.21. The molecule has 1 saturated heterocycles. The zero-order chi connectivity index (χ0) is 33.5. The third kappa shape index (κ3) is 11.7. The SMILES string of the molecule is CC1(C)C(/C=C/c2cc([N+](=O)[O-])ccc2[O-])=[N+](CC(=O)N2CCOCCOCCOCCOCCOCCOCC2)c2ccccc21.[Na+]. The number of nitrogens with zero attached hydrogens (tertiary/aromatic N) is 3. The van der Waals surface area contributed by atoms with Crippen LogP contribution in [0.15, 0.2) is 48.5 Å². The van der Waals surface area contributed by atoms with Gasteiger partial charge in [-0.1, -0.05) is 24.3 Å². The molecule has 13 nitrogen and oxygen atoms in total. The van der Waals surface area contributed by atoms with Crippen molar-refractivity contribution in [2.24, 2.45) is 0 Å². The van der Waals surface area contributed by atoms with Gasteiger partial charge >= 0.3 is 29.6 Å². The van der Waals surface area contributed by atoms with Gasteiger partial charge in [0.1, 0.15) is 0 Å². The topological polar surface area (TPSA) is 145 Å². The molecule has 0 N–H and O–H groups in total. The number of fused-ring (bicyclic) bond motifs is 1. The zero-order valence-corrected chi connectivity index (χ0v) is 30.2. The Morgan fingerprint density at radius 2 is 1.31 bits per heavy atom. The van der Waals surface area contributed by atoms with Crippen molar-refractivity contribution in [2.75, 3.05) is 98.9 Å². The van der Waals surface area contributed by atoms with Gasteiger partial charge in [0.15, 0.2) is 5.71 Å². The Labute approximate surface area is 303 Å². The Balaban J connectivity index is 0.00000625. The average Bonchev–Trinajstić information content (AvgIpc) is 3.26. The Morgan fingerprint density at radius 1 is 0.812 bits per heavy atom. The van der Waals surface area contributed by atoms with E-state index in [2.05, 4.69) is 0 Å². The maximum atomic E-state index is 13.9. The number of benzene rings is 2. The molecular weight excluding hydrogens is 633 g/mol. The van der Waals surface area contributed by atoms with E-state index in [1.165, 1.54) is 18.2 Å². The first-order valence-corrected chi connectivity index (χ1v) is 15.9. The second kappa shape index (κ2) is 20.7. The second-order valence-electron chi connectivity index (χ2n) is 11.5. The van der Waals surface area contributed by atoms with E-state index in [0.717, 1.165) is 17.0 Å². The van der Waals surface area contributed by atoms with E-state index < -0.39 is 10.3 Å². The Kier molecular flexibility index (Phi) is 17.1. The summed E-state index contributed by atoms with van der Waals surface area (Å²) in [5, 5.41) is 23.9. The van der Waals surface area contributed by atoms with Gasteiger partial charge in [-0.2, -0.15) is 4.58 Å². The van der Waals surface area contributed by atoms with Gasteiger partial charge in [-0.15, -0.1) is 5.75 Å². The fourth-order valence-corrected chi connectivity index (χ4v) is 5.41. The van der Waals surface area contributed by atoms with Crippen molar-refractivity contribution in [3.63, 3.8) is 0 Å². The number of nitro benzene ring substituents is 1. The minimum atomic E-state index is -0.530. The summed E-state index contributed by atoms with van der Waals surface area (Å²) in [6, 6.07) is 11.5. The van der Waals surface area contributed by atoms with E-state index in [9.17, 15) is 20.0 Å². The molecule has 2 aromatic carbocycles. The number of carbonyl (C=O) groups excluding carboxylic acids is 1. The van der Waals surface area contributed by atoms with E-state index >= 15 is 0 Å². The van der Waals surface area contributed by atoms with Crippen molar-refractivity contribution in [1.29, 1.82) is 0 Å². The molecule has 2 heterocycles. The second-order valence-corrected chi connectivity index (χ2v) is 11.5. The van der Waals surface area contributed by atoms with Crippen molar-refractivity contribution in [3.05, 3.63) is 69.8 Å². The molecule has 0 aromatic heterocycles. The molecule has 2 aliphatic rings. The molecule has 0 aliphatic carbocycles. The number of nitro groups is 1. The number of hydrogen-bond acceptors (Lipinski definition) is 10. The summed E-state index contributed by atoms with van der Waals surface area (Å²) < 4.78 is 35.6. The molecule has 1 amide bonds. The first-order chi connectivity index (χ1) is 22.8. The first kappa shape index (κ1) is 39.7. The van der Waals surface area contributed by atoms with Crippen LogP contribution in [0.25, 0.3) is 6.08 Å². The van der Waals surface area contributed by atoms with Crippen LogP contribution in [0.4, 0.5) is 11.4 Å². The van der Waals surface area contributed by atoms with Gasteiger partial charge in [-0.3, -0.25) is 14.9 Å². The van der Waals surface area contributed by atoms with Gasteiger partial charge in [-0.05, 0) is 25.5 Å². The van der Waals surface area contributed by atoms with Crippen molar-refractivity contribution in [2.45, 2.75) is 19.3 Å². The summed E-state index contributed by atoms with van der Waals surface area (Å²) in [6.45, 7) is 9.89. The first-order valence-electron chi connectivity index (χ1n) is 15.9. The van der Waals surface area contributed by atoms with Crippen LogP contribution in [-0.4, -0.2) is 125 Å². The summed E-state index contributed by atoms with van der Waals surface area (Å²) in [5.74, 6) is -0.457. The zero-order valence-electron chi connectivity index (χ0n) is 28.2. The molecule has 0 atom stereocenters. The van der Waals surface area contributed by atoms with Gasteiger partial charge in [0.2, 0.25) is 12.2 Å². The minimum absolute atomic E-state index is 0. The van der Waals surface area contributed by atoms with Crippen LogP contribution in [0.5, 0.6) is 5.75 Å². The molecule has 4 rings (SSSR count). The smallest absolute Gasteiger partial charge is 0.872 e. The number of carbonyl (C=O) groups is 1. The maximum Gasteiger partial charge on any atom is 1.00 e. The van der Waals surface area contributed by atoms with Crippen molar-refractivity contribution < 1.29 is 77.4 Å². The van der Waals surface area contributed by atoms with E-state index in [4.69, 9.17) is 28.4 Å². The third-order valence-corrected chi connectivity index (χ3v) is 7.94. The van der Waals surface area contributed by atoms with Crippen LogP contribution in [0, 0.1) is 10.1 Å². The monoisotopic (exact) mass is 678 g/mol. The number of rotatable bonds is 5. The fraction of sp³-hybridized carbons (Fsp3) is 0.529. The Hall–Kier alpha value is -2.72. The van der Waals surface area contributed by atoms with Crippen LogP contribution in [-0.2, 0) is 38.6 Å². The predicted molar refractivity (Wildman–Crippen MR) is 172 cm³/mol. The number of para-hydroxylation sites is 1. The molecule has 0 unspecified atom stereocenters. The van der Waals surface area contributed by atoms with Crippen molar-refractivity contribution in [3.8, 4) is 5.75 Å². The van der Waals surface area contributed by atoms with Gasteiger partial charge in [0.25, 0.3) is 11.6 Å². The van der Waals surface area contributed by atoms with E-state index in [1.54, 1.807) is 17.1 Å². The molecule has 0 bridgehead atoms. The standard InChI is InChI=1S/C34H45N3O10.Na/c1-34(2)29-5-3-4-6-30(29)36(32(34)10-7-27-25-28(37(40)41)8-9-31(27)38)26-33(39)35-11-13-42-15-17-44-19-21-46-23-24-47-22-20-45-18-16-43-14-12-35;/h3-10,25H,11-24,26H2,1-2H3;/q;+1. The van der Waals surface area contributed by atoms with Crippen LogP contribution in [0.1, 0.15) is 25.0 Å². The molecule has 14 heteroatoms. The molecule has 0 spiro atoms. The minimum Gasteiger partial charge on any atom is -0.872 e. The molecule has 0 radical (unpaired) electrons. The molecule has 2 aromatic rings. The molecule has 1 fully saturated rings. The van der Waals surface area contributed by atoms with E-state index in [-0.39, 0.29) is 59.0 Å². The number of ether oxygens (including phenoxy) is 6. The molecular formula is C34H45N3NaO10+. The van der Waals surface area contributed by atoms with E-state index in [0.29, 0.717) is 92.4 Å². The van der Waals surface area contributed by atoms with Crippen molar-refractivity contribution in [1.82, 2.24) is 4.90 Å². The van der Waals surface area contributed by atoms with Crippen LogP contribution in [0.3, 0.4) is 0 Å². The van der Waals surface area contributed by atoms with Gasteiger partial charge < -0.3 is 38.4 Å². The Bertz CT molecular complexity index is 1380. The maximum absolute atomic E-state index is 13.9. The molecule has 0 saturated carbocycles. The summed E-state index contributed by atoms with van der Waals surface area (Å²) in [6.07, 6.45) is 3.36. The van der Waals surface area contributed by atoms with Crippen LogP contribution in [0.2, 0.25) is 0 Å². The quantitative estimate of drug-likeness (QED) is 0.179. The van der Waals surface area contributed by atoms with Crippen molar-refractivity contribution >= 4 is 29.1 Å². The van der Waals surface area contributed by atoms with Gasteiger partial charge in [0, 0.05) is 42.9 Å². The third-order valence-electron chi connectivity index (χ3n) is 7.94. The summed E-state index contributed by atoms with van der Waals surface area (Å²) >= 11 is 0. The van der Waals surface area contributed by atoms with Gasteiger partial charge in [0.05, 0.1) is 89.6 Å². The number of non-ortho nitro benzene ring substituents is 1. The van der Waals surface area contributed by atoms with Gasteiger partial charge in [-0.25, -0.2) is 0 Å². The molecule has 2 aliphatic heterocycles. The number of allylic oxidation sites excluding steroid dienone is 1. The fourth-order valence-electron chi connectivity index (χ4n) is 5.41. The normalized spacial score (nSPS) is 19.2. The summed E-state index contributed by atoms with van der Waals surface area (Å²) in [4.78, 5) is 26.4. The summed E-state index contributed by atoms with van der Waals surface area (Å²) in [7, 11) is 0. The largest absolute Gasteiger partial charge is 1.00 e. The molecule has 256 valence electrons. The van der Waals surface area contributed by atoms with Crippen LogP contribution >= 0.6 is 0 Å².